The molecule has 0 radical (unpaired) electrons. The normalized spacial score (nSPS) is 16.3. The van der Waals surface area contributed by atoms with Crippen LogP contribution in [0.15, 0.2) is 11.6 Å². The number of aromatic nitrogens is 1. The van der Waals surface area contributed by atoms with Gasteiger partial charge < -0.3 is 5.32 Å². The predicted octanol–water partition coefficient (Wildman–Crippen LogP) is 3.13. The summed E-state index contributed by atoms with van der Waals surface area (Å²) in [6.45, 7) is 3.34. The molecule has 0 saturated heterocycles. The molecule has 1 heterocycles. The highest BCUT2D eigenvalue weighted by Gasteiger charge is 2.30. The molecule has 2 unspecified atom stereocenters. The van der Waals surface area contributed by atoms with Gasteiger partial charge in [0.25, 0.3) is 0 Å². The molecule has 15 heavy (non-hydrogen) atoms. The summed E-state index contributed by atoms with van der Waals surface area (Å²) in [7, 11) is 0. The minimum absolute atomic E-state index is 0.137. The number of rotatable bonds is 4. The van der Waals surface area contributed by atoms with E-state index in [1.54, 1.807) is 6.20 Å². The van der Waals surface area contributed by atoms with Crippen molar-refractivity contribution >= 4 is 11.3 Å². The fourth-order valence-corrected chi connectivity index (χ4v) is 2.01. The van der Waals surface area contributed by atoms with E-state index in [2.05, 4.69) is 10.3 Å². The van der Waals surface area contributed by atoms with Crippen molar-refractivity contribution in [3.63, 3.8) is 0 Å². The van der Waals surface area contributed by atoms with E-state index >= 15 is 0 Å². The first-order valence-corrected chi connectivity index (χ1v) is 5.48. The highest BCUT2D eigenvalue weighted by atomic mass is 32.1. The number of halogens is 3. The van der Waals surface area contributed by atoms with Crippen LogP contribution in [0.2, 0.25) is 0 Å². The molecule has 0 aliphatic heterocycles. The number of thiazole rings is 1. The van der Waals surface area contributed by atoms with Gasteiger partial charge in [-0.3, -0.25) is 0 Å². The van der Waals surface area contributed by atoms with E-state index in [0.29, 0.717) is 0 Å². The average molecular weight is 238 g/mol. The first-order valence-electron chi connectivity index (χ1n) is 4.60. The summed E-state index contributed by atoms with van der Waals surface area (Å²) < 4.78 is 36.1. The van der Waals surface area contributed by atoms with Crippen LogP contribution in [0.5, 0.6) is 0 Å². The molecule has 0 saturated carbocycles. The third-order valence-corrected chi connectivity index (χ3v) is 2.85. The van der Waals surface area contributed by atoms with Crippen molar-refractivity contribution in [2.75, 3.05) is 0 Å². The van der Waals surface area contributed by atoms with Crippen molar-refractivity contribution in [1.82, 2.24) is 10.3 Å². The summed E-state index contributed by atoms with van der Waals surface area (Å²) in [5.74, 6) is 0. The van der Waals surface area contributed by atoms with Crippen molar-refractivity contribution in [3.05, 3.63) is 16.6 Å². The van der Waals surface area contributed by atoms with Crippen molar-refractivity contribution in [2.45, 2.75) is 38.5 Å². The fraction of sp³-hybridized carbons (Fsp3) is 0.667. The number of hydrogen-bond donors (Lipinski definition) is 1. The largest absolute Gasteiger partial charge is 0.390 e. The molecular weight excluding hydrogens is 225 g/mol. The van der Waals surface area contributed by atoms with Crippen LogP contribution >= 0.6 is 11.3 Å². The first kappa shape index (κ1) is 12.4. The summed E-state index contributed by atoms with van der Waals surface area (Å²) in [5.41, 5.74) is 0. The molecule has 0 aliphatic rings. The van der Waals surface area contributed by atoms with E-state index in [1.807, 2.05) is 12.3 Å². The molecule has 0 aliphatic carbocycles. The smallest absolute Gasteiger partial charge is 0.305 e. The van der Waals surface area contributed by atoms with Gasteiger partial charge >= 0.3 is 6.18 Å². The number of alkyl halides is 3. The Bertz CT molecular complexity index is 284. The Hall–Kier alpha value is -0.620. The fourth-order valence-electron chi connectivity index (χ4n) is 1.35. The molecular formula is C9H13F3N2S. The summed E-state index contributed by atoms with van der Waals surface area (Å²) in [5, 5.41) is 5.48. The van der Waals surface area contributed by atoms with Gasteiger partial charge in [-0.2, -0.15) is 13.2 Å². The number of nitrogens with zero attached hydrogens (tertiary/aromatic N) is 1. The summed E-state index contributed by atoms with van der Waals surface area (Å²) in [4.78, 5) is 4.04. The van der Waals surface area contributed by atoms with Gasteiger partial charge in [0.1, 0.15) is 5.01 Å². The molecule has 0 fully saturated rings. The van der Waals surface area contributed by atoms with Crippen LogP contribution in [0.1, 0.15) is 31.3 Å². The molecule has 1 aromatic rings. The molecule has 1 rings (SSSR count). The third-order valence-electron chi connectivity index (χ3n) is 1.89. The molecule has 0 spiro atoms. The zero-order valence-corrected chi connectivity index (χ0v) is 9.32. The lowest BCUT2D eigenvalue weighted by Crippen LogP contribution is -2.33. The van der Waals surface area contributed by atoms with Gasteiger partial charge in [0.2, 0.25) is 0 Å². The second kappa shape index (κ2) is 4.94. The molecule has 6 heteroatoms. The Morgan fingerprint density at radius 2 is 2.13 bits per heavy atom. The Labute approximate surface area is 90.5 Å². The molecule has 2 atom stereocenters. The van der Waals surface area contributed by atoms with Crippen molar-refractivity contribution < 1.29 is 13.2 Å². The van der Waals surface area contributed by atoms with Gasteiger partial charge in [0.05, 0.1) is 12.5 Å². The van der Waals surface area contributed by atoms with Crippen LogP contribution in [0.3, 0.4) is 0 Å². The second-order valence-electron chi connectivity index (χ2n) is 3.48. The topological polar surface area (TPSA) is 24.9 Å². The summed E-state index contributed by atoms with van der Waals surface area (Å²) in [6, 6.07) is -0.730. The van der Waals surface area contributed by atoms with Gasteiger partial charge in [-0.05, 0) is 13.8 Å². The standard InChI is InChI=1S/C9H13F3N2S/c1-6(5-9(10,11)12)14-7(2)8-13-3-4-15-8/h3-4,6-7,14H,5H2,1-2H3. The molecule has 2 nitrogen and oxygen atoms in total. The minimum atomic E-state index is -4.12. The number of hydrogen-bond acceptors (Lipinski definition) is 3. The van der Waals surface area contributed by atoms with Gasteiger partial charge in [-0.1, -0.05) is 0 Å². The Morgan fingerprint density at radius 1 is 1.47 bits per heavy atom. The van der Waals surface area contributed by atoms with Gasteiger partial charge in [0.15, 0.2) is 0 Å². The second-order valence-corrected chi connectivity index (χ2v) is 4.41. The van der Waals surface area contributed by atoms with Crippen LogP contribution < -0.4 is 5.32 Å². The molecule has 0 bridgehead atoms. The van der Waals surface area contributed by atoms with E-state index in [0.717, 1.165) is 5.01 Å². The van der Waals surface area contributed by atoms with E-state index in [4.69, 9.17) is 0 Å². The molecule has 1 N–H and O–H groups in total. The number of nitrogens with one attached hydrogen (secondary N) is 1. The zero-order chi connectivity index (χ0) is 11.5. The SMILES string of the molecule is CC(CC(F)(F)F)NC(C)c1nccs1. The maximum Gasteiger partial charge on any atom is 0.390 e. The van der Waals surface area contributed by atoms with Gasteiger partial charge in [0, 0.05) is 17.6 Å². The lowest BCUT2D eigenvalue weighted by molar-refractivity contribution is -0.139. The Morgan fingerprint density at radius 3 is 2.60 bits per heavy atom. The maximum atomic E-state index is 12.0. The lowest BCUT2D eigenvalue weighted by Gasteiger charge is -2.19. The molecule has 1 aromatic heterocycles. The van der Waals surface area contributed by atoms with Gasteiger partial charge in [-0.25, -0.2) is 4.98 Å². The predicted molar refractivity (Wildman–Crippen MR) is 53.8 cm³/mol. The zero-order valence-electron chi connectivity index (χ0n) is 8.51. The van der Waals surface area contributed by atoms with Crippen LogP contribution in [0, 0.1) is 0 Å². The van der Waals surface area contributed by atoms with E-state index in [1.165, 1.54) is 18.3 Å². The van der Waals surface area contributed by atoms with Crippen LogP contribution in [0.4, 0.5) is 13.2 Å². The van der Waals surface area contributed by atoms with Crippen LogP contribution in [-0.2, 0) is 0 Å². The lowest BCUT2D eigenvalue weighted by atomic mass is 10.2. The summed E-state index contributed by atoms with van der Waals surface area (Å²) in [6.07, 6.45) is -3.29. The first-order chi connectivity index (χ1) is 6.88. The van der Waals surface area contributed by atoms with Crippen molar-refractivity contribution in [1.29, 1.82) is 0 Å². The van der Waals surface area contributed by atoms with Crippen LogP contribution in [-0.4, -0.2) is 17.2 Å². The molecule has 0 amide bonds. The highest BCUT2D eigenvalue weighted by Crippen LogP contribution is 2.23. The quantitative estimate of drug-likeness (QED) is 0.871. The Kier molecular flexibility index (Phi) is 4.10. The van der Waals surface area contributed by atoms with Gasteiger partial charge in [-0.15, -0.1) is 11.3 Å². The van der Waals surface area contributed by atoms with Crippen molar-refractivity contribution in [3.8, 4) is 0 Å². The average Bonchev–Trinajstić information content (AvgIpc) is 2.50. The Balaban J connectivity index is 2.42. The highest BCUT2D eigenvalue weighted by molar-refractivity contribution is 7.09. The molecule has 0 aromatic carbocycles. The maximum absolute atomic E-state index is 12.0. The summed E-state index contributed by atoms with van der Waals surface area (Å²) >= 11 is 1.44. The van der Waals surface area contributed by atoms with E-state index in [-0.39, 0.29) is 6.04 Å². The third kappa shape index (κ3) is 4.61. The van der Waals surface area contributed by atoms with E-state index < -0.39 is 18.6 Å². The minimum Gasteiger partial charge on any atom is -0.305 e. The van der Waals surface area contributed by atoms with Crippen LogP contribution in [0.25, 0.3) is 0 Å². The molecule has 86 valence electrons. The van der Waals surface area contributed by atoms with Crippen molar-refractivity contribution in [2.24, 2.45) is 0 Å². The monoisotopic (exact) mass is 238 g/mol. The van der Waals surface area contributed by atoms with E-state index in [9.17, 15) is 13.2 Å².